The van der Waals surface area contributed by atoms with Gasteiger partial charge in [-0.3, -0.25) is 0 Å². The monoisotopic (exact) mass is 405 g/mol. The summed E-state index contributed by atoms with van der Waals surface area (Å²) in [5.41, 5.74) is 3.08. The molecule has 0 aliphatic carbocycles. The minimum atomic E-state index is -0.0757. The number of phenolic OH excluding ortho intramolecular Hbond substituents is 1. The molecule has 4 rings (SSSR count). The molecule has 1 atom stereocenters. The van der Waals surface area contributed by atoms with Crippen LogP contribution in [-0.2, 0) is 11.3 Å². The van der Waals surface area contributed by atoms with Crippen LogP contribution in [0.1, 0.15) is 30.8 Å². The Bertz CT molecular complexity index is 1110. The largest absolute Gasteiger partial charge is 0.508 e. The van der Waals surface area contributed by atoms with Gasteiger partial charge < -0.3 is 15.2 Å². The van der Waals surface area contributed by atoms with Crippen LogP contribution in [0.25, 0.3) is 21.3 Å². The molecule has 0 fully saturated rings. The number of methoxy groups -OCH3 is 1. The molecular weight excluding hydrogens is 382 g/mol. The lowest BCUT2D eigenvalue weighted by Gasteiger charge is -2.20. The summed E-state index contributed by atoms with van der Waals surface area (Å²) in [5.74, 6) is 1.68. The van der Waals surface area contributed by atoms with Gasteiger partial charge in [-0.2, -0.15) is 0 Å². The summed E-state index contributed by atoms with van der Waals surface area (Å²) < 4.78 is 5.27. The fourth-order valence-electron chi connectivity index (χ4n) is 3.46. The standard InChI is InChI=1S/C23H23N3O2S/c1-3-18(16-11-7-8-12-19(16)27)24-22-21-17(15-9-5-4-6-10-15)14-29-23(21)26-20(25-22)13-28-2/h4-12,14,18,27H,3,13H2,1-2H3,(H,24,25,26)/t18-/m1/s1. The lowest BCUT2D eigenvalue weighted by molar-refractivity contribution is 0.178. The molecule has 2 aromatic carbocycles. The van der Waals surface area contributed by atoms with Gasteiger partial charge in [0.1, 0.15) is 23.0 Å². The quantitative estimate of drug-likeness (QED) is 0.408. The lowest BCUT2D eigenvalue weighted by Crippen LogP contribution is -2.13. The normalized spacial score (nSPS) is 12.2. The number of phenols is 1. The van der Waals surface area contributed by atoms with Gasteiger partial charge in [0.15, 0.2) is 5.82 Å². The molecule has 148 valence electrons. The third-order valence-corrected chi connectivity index (χ3v) is 5.74. The second-order valence-electron chi connectivity index (χ2n) is 6.78. The molecule has 0 aliphatic rings. The summed E-state index contributed by atoms with van der Waals surface area (Å²) in [7, 11) is 1.64. The Morgan fingerprint density at radius 2 is 1.83 bits per heavy atom. The van der Waals surface area contributed by atoms with Gasteiger partial charge in [0.2, 0.25) is 0 Å². The van der Waals surface area contributed by atoms with Gasteiger partial charge in [-0.25, -0.2) is 9.97 Å². The van der Waals surface area contributed by atoms with Crippen LogP contribution in [0, 0.1) is 0 Å². The maximum Gasteiger partial charge on any atom is 0.158 e. The minimum absolute atomic E-state index is 0.0757. The maximum atomic E-state index is 10.3. The molecule has 29 heavy (non-hydrogen) atoms. The van der Waals surface area contributed by atoms with Gasteiger partial charge in [-0.15, -0.1) is 11.3 Å². The number of ether oxygens (including phenoxy) is 1. The van der Waals surface area contributed by atoms with Gasteiger partial charge in [-0.05, 0) is 18.1 Å². The van der Waals surface area contributed by atoms with E-state index in [-0.39, 0.29) is 11.8 Å². The maximum absolute atomic E-state index is 10.3. The van der Waals surface area contributed by atoms with Crippen LogP contribution in [0.15, 0.2) is 60.0 Å². The number of anilines is 1. The van der Waals surface area contributed by atoms with Crippen LogP contribution in [0.5, 0.6) is 5.75 Å². The molecule has 6 heteroatoms. The third kappa shape index (κ3) is 3.95. The second kappa shape index (κ2) is 8.59. The van der Waals surface area contributed by atoms with Crippen LogP contribution >= 0.6 is 11.3 Å². The zero-order valence-corrected chi connectivity index (χ0v) is 17.2. The molecule has 0 saturated heterocycles. The predicted molar refractivity (Wildman–Crippen MR) is 118 cm³/mol. The van der Waals surface area contributed by atoms with Crippen molar-refractivity contribution >= 4 is 27.4 Å². The van der Waals surface area contributed by atoms with E-state index in [2.05, 4.69) is 34.7 Å². The number of aromatic nitrogens is 2. The Balaban J connectivity index is 1.84. The number of hydrogen-bond donors (Lipinski definition) is 2. The van der Waals surface area contributed by atoms with Crippen molar-refractivity contribution in [1.82, 2.24) is 9.97 Å². The van der Waals surface area contributed by atoms with Crippen LogP contribution in [0.3, 0.4) is 0 Å². The lowest BCUT2D eigenvalue weighted by atomic mass is 10.0. The molecule has 4 aromatic rings. The molecule has 0 amide bonds. The highest BCUT2D eigenvalue weighted by Crippen LogP contribution is 2.39. The van der Waals surface area contributed by atoms with Crippen LogP contribution in [0.2, 0.25) is 0 Å². The van der Waals surface area contributed by atoms with Gasteiger partial charge >= 0.3 is 0 Å². The highest BCUT2D eigenvalue weighted by Gasteiger charge is 2.19. The molecule has 0 saturated carbocycles. The second-order valence-corrected chi connectivity index (χ2v) is 7.64. The van der Waals surface area contributed by atoms with Gasteiger partial charge in [0, 0.05) is 23.6 Å². The van der Waals surface area contributed by atoms with Gasteiger partial charge in [-0.1, -0.05) is 55.5 Å². The first-order valence-electron chi connectivity index (χ1n) is 9.58. The van der Waals surface area contributed by atoms with Crippen molar-refractivity contribution < 1.29 is 9.84 Å². The number of hydrogen-bond acceptors (Lipinski definition) is 6. The highest BCUT2D eigenvalue weighted by molar-refractivity contribution is 7.17. The van der Waals surface area contributed by atoms with Crippen molar-refractivity contribution in [3.05, 3.63) is 71.4 Å². The Morgan fingerprint density at radius 1 is 1.07 bits per heavy atom. The van der Waals surface area contributed by atoms with E-state index in [0.717, 1.165) is 39.1 Å². The van der Waals surface area contributed by atoms with E-state index in [1.807, 2.05) is 36.4 Å². The van der Waals surface area contributed by atoms with E-state index in [1.165, 1.54) is 0 Å². The highest BCUT2D eigenvalue weighted by atomic mass is 32.1. The van der Waals surface area contributed by atoms with E-state index in [0.29, 0.717) is 12.4 Å². The molecule has 0 bridgehead atoms. The predicted octanol–water partition coefficient (Wildman–Crippen LogP) is 5.77. The average Bonchev–Trinajstić information content (AvgIpc) is 3.18. The number of nitrogens with one attached hydrogen (secondary N) is 1. The number of benzene rings is 2. The van der Waals surface area contributed by atoms with Crippen LogP contribution in [0.4, 0.5) is 5.82 Å². The van der Waals surface area contributed by atoms with Crippen LogP contribution < -0.4 is 5.32 Å². The zero-order valence-electron chi connectivity index (χ0n) is 16.4. The number of thiophene rings is 1. The average molecular weight is 406 g/mol. The molecule has 2 aromatic heterocycles. The number of fused-ring (bicyclic) bond motifs is 1. The molecule has 0 aliphatic heterocycles. The van der Waals surface area contributed by atoms with Crippen molar-refractivity contribution in [1.29, 1.82) is 0 Å². The number of aromatic hydroxyl groups is 1. The molecule has 2 N–H and O–H groups in total. The summed E-state index contributed by atoms with van der Waals surface area (Å²) >= 11 is 1.60. The van der Waals surface area contributed by atoms with Crippen LogP contribution in [-0.4, -0.2) is 22.2 Å². The van der Waals surface area contributed by atoms with Crippen molar-refractivity contribution in [3.8, 4) is 16.9 Å². The molecule has 0 spiro atoms. The number of rotatable bonds is 7. The van der Waals surface area contributed by atoms with E-state index in [9.17, 15) is 5.11 Å². The Morgan fingerprint density at radius 3 is 2.55 bits per heavy atom. The smallest absolute Gasteiger partial charge is 0.158 e. The SMILES string of the molecule is CC[C@@H](Nc1nc(COC)nc2scc(-c3ccccc3)c12)c1ccccc1O. The fraction of sp³-hybridized carbons (Fsp3) is 0.217. The van der Waals surface area contributed by atoms with Gasteiger partial charge in [0.05, 0.1) is 11.4 Å². The Hall–Kier alpha value is -2.96. The zero-order chi connectivity index (χ0) is 20.2. The third-order valence-electron chi connectivity index (χ3n) is 4.87. The van der Waals surface area contributed by atoms with Crippen molar-refractivity contribution in [2.75, 3.05) is 12.4 Å². The summed E-state index contributed by atoms with van der Waals surface area (Å²) in [6.07, 6.45) is 0.799. The molecule has 2 heterocycles. The van der Waals surface area contributed by atoms with Crippen molar-refractivity contribution in [3.63, 3.8) is 0 Å². The number of para-hydroxylation sites is 1. The first-order chi connectivity index (χ1) is 14.2. The molecule has 5 nitrogen and oxygen atoms in total. The molecule has 0 unspecified atom stereocenters. The summed E-state index contributed by atoms with van der Waals surface area (Å²) in [6, 6.07) is 17.6. The minimum Gasteiger partial charge on any atom is -0.508 e. The Kier molecular flexibility index (Phi) is 5.74. The number of nitrogens with zero attached hydrogens (tertiary/aromatic N) is 2. The summed E-state index contributed by atoms with van der Waals surface area (Å²) in [4.78, 5) is 10.4. The van der Waals surface area contributed by atoms with E-state index in [1.54, 1.807) is 24.5 Å². The van der Waals surface area contributed by atoms with Crippen molar-refractivity contribution in [2.45, 2.75) is 26.0 Å². The molecule has 0 radical (unpaired) electrons. The van der Waals surface area contributed by atoms with E-state index in [4.69, 9.17) is 9.72 Å². The first kappa shape index (κ1) is 19.4. The fourth-order valence-corrected chi connectivity index (χ4v) is 4.43. The summed E-state index contributed by atoms with van der Waals surface area (Å²) in [5, 5.41) is 17.0. The van der Waals surface area contributed by atoms with E-state index < -0.39 is 0 Å². The van der Waals surface area contributed by atoms with Crippen molar-refractivity contribution in [2.24, 2.45) is 0 Å². The summed E-state index contributed by atoms with van der Waals surface area (Å²) in [6.45, 7) is 2.43. The van der Waals surface area contributed by atoms with Gasteiger partial charge in [0.25, 0.3) is 0 Å². The van der Waals surface area contributed by atoms with E-state index >= 15 is 0 Å². The Labute approximate surface area is 174 Å². The first-order valence-corrected chi connectivity index (χ1v) is 10.5. The topological polar surface area (TPSA) is 67.3 Å². The molecular formula is C23H23N3O2S.